The molecule has 0 spiro atoms. The van der Waals surface area contributed by atoms with Crippen LogP contribution in [0, 0.1) is 5.21 Å². The van der Waals surface area contributed by atoms with Gasteiger partial charge in [0, 0.05) is 0 Å². The normalized spacial score (nSPS) is 34.2. The first-order valence-electron chi connectivity index (χ1n) is 3.96. The molecule has 10 heavy (non-hydrogen) atoms. The van der Waals surface area contributed by atoms with Crippen LogP contribution in [0.3, 0.4) is 0 Å². The molecule has 1 aliphatic heterocycles. The minimum Gasteiger partial charge on any atom is -0.634 e. The van der Waals surface area contributed by atoms with E-state index >= 15 is 0 Å². The lowest BCUT2D eigenvalue weighted by molar-refractivity contribution is -0.861. The topological polar surface area (TPSA) is 36.7 Å². The molecule has 2 unspecified atom stereocenters. The highest BCUT2D eigenvalue weighted by Crippen LogP contribution is 2.00. The Bertz CT molecular complexity index is 95.6. The monoisotopic (exact) mass is 145 g/mol. The lowest BCUT2D eigenvalue weighted by Crippen LogP contribution is -3.10. The minimum atomic E-state index is 0.228. The molecule has 1 N–H and O–H groups in total. The zero-order chi connectivity index (χ0) is 7.40. The van der Waals surface area contributed by atoms with E-state index in [1.165, 1.54) is 0 Å². The molecule has 2 atom stereocenters. The molecule has 0 aromatic heterocycles. The summed E-state index contributed by atoms with van der Waals surface area (Å²) in [6.45, 7) is 4.03. The predicted molar refractivity (Wildman–Crippen MR) is 38.7 cm³/mol. The van der Waals surface area contributed by atoms with Gasteiger partial charge in [-0.2, -0.15) is 0 Å². The van der Waals surface area contributed by atoms with Crippen molar-refractivity contribution in [2.45, 2.75) is 25.9 Å². The van der Waals surface area contributed by atoms with E-state index in [1.807, 2.05) is 0 Å². The average molecular weight is 145 g/mol. The molecule has 0 bridgehead atoms. The van der Waals surface area contributed by atoms with E-state index in [2.05, 4.69) is 6.92 Å². The van der Waals surface area contributed by atoms with Crippen molar-refractivity contribution in [1.29, 1.82) is 0 Å². The number of rotatable bonds is 2. The summed E-state index contributed by atoms with van der Waals surface area (Å²) in [7, 11) is 0. The largest absolute Gasteiger partial charge is 0.634 e. The van der Waals surface area contributed by atoms with Gasteiger partial charge in [-0.1, -0.05) is 13.3 Å². The number of hydrogen-bond acceptors (Lipinski definition) is 2. The van der Waals surface area contributed by atoms with Gasteiger partial charge in [-0.25, -0.2) is 0 Å². The summed E-state index contributed by atoms with van der Waals surface area (Å²) in [5, 5.41) is 11.2. The first-order chi connectivity index (χ1) is 4.83. The van der Waals surface area contributed by atoms with Crippen LogP contribution < -0.4 is 5.06 Å². The van der Waals surface area contributed by atoms with Gasteiger partial charge in [0.25, 0.3) is 0 Å². The Morgan fingerprint density at radius 3 is 3.10 bits per heavy atom. The third-order valence-corrected chi connectivity index (χ3v) is 1.80. The van der Waals surface area contributed by atoms with Crippen LogP contribution in [0.5, 0.6) is 0 Å². The number of hydroxylamine groups is 2. The maximum absolute atomic E-state index is 10.9. The second-order valence-electron chi connectivity index (χ2n) is 2.77. The van der Waals surface area contributed by atoms with Crippen LogP contribution in [-0.2, 0) is 4.74 Å². The van der Waals surface area contributed by atoms with E-state index < -0.39 is 0 Å². The molecule has 0 aliphatic carbocycles. The average Bonchev–Trinajstić information content (AvgIpc) is 1.88. The third kappa shape index (κ3) is 2.25. The second kappa shape index (κ2) is 3.91. The minimum absolute atomic E-state index is 0.228. The zero-order valence-corrected chi connectivity index (χ0v) is 6.43. The van der Waals surface area contributed by atoms with Crippen LogP contribution in [0.4, 0.5) is 0 Å². The van der Waals surface area contributed by atoms with Crippen molar-refractivity contribution in [3.63, 3.8) is 0 Å². The summed E-state index contributed by atoms with van der Waals surface area (Å²) in [4.78, 5) is 0. The summed E-state index contributed by atoms with van der Waals surface area (Å²) in [5.41, 5.74) is 0. The van der Waals surface area contributed by atoms with E-state index in [4.69, 9.17) is 4.74 Å². The van der Waals surface area contributed by atoms with Crippen molar-refractivity contribution in [2.24, 2.45) is 0 Å². The smallest absolute Gasteiger partial charge is 0.107 e. The van der Waals surface area contributed by atoms with Crippen LogP contribution >= 0.6 is 0 Å². The van der Waals surface area contributed by atoms with Gasteiger partial charge < -0.3 is 15.0 Å². The fourth-order valence-electron chi connectivity index (χ4n) is 1.26. The van der Waals surface area contributed by atoms with Gasteiger partial charge >= 0.3 is 0 Å². The van der Waals surface area contributed by atoms with Crippen molar-refractivity contribution in [3.8, 4) is 0 Å². The van der Waals surface area contributed by atoms with Crippen molar-refractivity contribution in [2.75, 3.05) is 19.7 Å². The van der Waals surface area contributed by atoms with Gasteiger partial charge in [0.1, 0.15) is 19.2 Å². The lowest BCUT2D eigenvalue weighted by Gasteiger charge is -2.32. The van der Waals surface area contributed by atoms with Crippen molar-refractivity contribution in [3.05, 3.63) is 5.21 Å². The van der Waals surface area contributed by atoms with E-state index in [9.17, 15) is 5.21 Å². The Balaban J connectivity index is 2.18. The fourth-order valence-corrected chi connectivity index (χ4v) is 1.26. The molecular weight excluding hydrogens is 130 g/mol. The van der Waals surface area contributed by atoms with E-state index in [0.717, 1.165) is 12.8 Å². The van der Waals surface area contributed by atoms with E-state index in [-0.39, 0.29) is 6.10 Å². The fraction of sp³-hybridized carbons (Fsp3) is 1.00. The number of nitrogens with one attached hydrogen (secondary N) is 1. The van der Waals surface area contributed by atoms with E-state index in [0.29, 0.717) is 24.8 Å². The van der Waals surface area contributed by atoms with Gasteiger partial charge in [-0.3, -0.25) is 0 Å². The Morgan fingerprint density at radius 2 is 2.50 bits per heavy atom. The summed E-state index contributed by atoms with van der Waals surface area (Å²) in [6.07, 6.45) is 2.37. The van der Waals surface area contributed by atoms with Crippen molar-refractivity contribution < 1.29 is 9.80 Å². The van der Waals surface area contributed by atoms with Gasteiger partial charge in [-0.05, 0) is 6.42 Å². The van der Waals surface area contributed by atoms with Gasteiger partial charge in [0.05, 0.1) is 6.61 Å². The third-order valence-electron chi connectivity index (χ3n) is 1.80. The number of morpholine rings is 1. The maximum Gasteiger partial charge on any atom is 0.107 e. The predicted octanol–water partition coefficient (Wildman–Crippen LogP) is -0.432. The molecule has 0 aromatic carbocycles. The molecule has 3 heteroatoms. The van der Waals surface area contributed by atoms with E-state index in [1.54, 1.807) is 0 Å². The molecular formula is C7H15NO2. The molecule has 1 rings (SSSR count). The highest BCUT2D eigenvalue weighted by molar-refractivity contribution is 4.57. The first kappa shape index (κ1) is 7.98. The number of hydrogen-bond donors (Lipinski definition) is 1. The highest BCUT2D eigenvalue weighted by atomic mass is 16.5. The Hall–Kier alpha value is -0.120. The molecule has 1 saturated heterocycles. The maximum atomic E-state index is 10.9. The molecule has 60 valence electrons. The first-order valence-corrected chi connectivity index (χ1v) is 3.96. The highest BCUT2D eigenvalue weighted by Gasteiger charge is 2.17. The molecule has 0 amide bonds. The number of quaternary nitrogens is 1. The number of ether oxygens (including phenoxy) is 1. The molecule has 0 aromatic rings. The SMILES string of the molecule is CCCC1C[NH+]([O-])CCO1. The standard InChI is InChI=1S/C7H15NO2/c1-2-3-7-6-8(9)4-5-10-7/h7-8H,2-6H2,1H3. The lowest BCUT2D eigenvalue weighted by atomic mass is 10.2. The molecule has 3 nitrogen and oxygen atoms in total. The Morgan fingerprint density at radius 1 is 1.70 bits per heavy atom. The van der Waals surface area contributed by atoms with Crippen LogP contribution in [-0.4, -0.2) is 25.8 Å². The quantitative estimate of drug-likeness (QED) is 0.535. The van der Waals surface area contributed by atoms with Crippen LogP contribution in [0.2, 0.25) is 0 Å². The summed E-state index contributed by atoms with van der Waals surface area (Å²) < 4.78 is 5.37. The van der Waals surface area contributed by atoms with Gasteiger partial charge in [0.2, 0.25) is 0 Å². The molecule has 1 aliphatic rings. The van der Waals surface area contributed by atoms with Gasteiger partial charge in [0.15, 0.2) is 0 Å². The summed E-state index contributed by atoms with van der Waals surface area (Å²) in [5.74, 6) is 0. The zero-order valence-electron chi connectivity index (χ0n) is 6.43. The molecule has 0 radical (unpaired) electrons. The van der Waals surface area contributed by atoms with Crippen molar-refractivity contribution in [1.82, 2.24) is 0 Å². The van der Waals surface area contributed by atoms with Crippen molar-refractivity contribution >= 4 is 0 Å². The van der Waals surface area contributed by atoms with Crippen LogP contribution in [0.1, 0.15) is 19.8 Å². The molecule has 0 saturated carbocycles. The molecule has 1 fully saturated rings. The molecule has 1 heterocycles. The summed E-state index contributed by atoms with van der Waals surface area (Å²) >= 11 is 0. The second-order valence-corrected chi connectivity index (χ2v) is 2.77. The van der Waals surface area contributed by atoms with Gasteiger partial charge in [-0.15, -0.1) is 0 Å². The Labute approximate surface area is 61.5 Å². The Kier molecular flexibility index (Phi) is 3.12. The summed E-state index contributed by atoms with van der Waals surface area (Å²) in [6, 6.07) is 0. The van der Waals surface area contributed by atoms with Crippen LogP contribution in [0.15, 0.2) is 0 Å². The van der Waals surface area contributed by atoms with Crippen LogP contribution in [0.25, 0.3) is 0 Å².